The number of rotatable bonds is 10. The quantitative estimate of drug-likeness (QED) is 0.143. The van der Waals surface area contributed by atoms with E-state index >= 15 is 0 Å². The summed E-state index contributed by atoms with van der Waals surface area (Å²) >= 11 is 0. The average molecular weight is 975 g/mol. The Morgan fingerprint density at radius 1 is 0.493 bits per heavy atom. The van der Waals surface area contributed by atoms with Gasteiger partial charge in [-0.2, -0.15) is 0 Å². The minimum absolute atomic E-state index is 0.162. The summed E-state index contributed by atoms with van der Waals surface area (Å²) in [6.45, 7) is 4.00. The maximum Gasteiger partial charge on any atom is 0.135 e. The molecule has 0 fully saturated rings. The number of aromatic hydroxyl groups is 2. The smallest absolute Gasteiger partial charge is 0.135 e. The van der Waals surface area contributed by atoms with Crippen molar-refractivity contribution in [1.82, 2.24) is 0 Å². The summed E-state index contributed by atoms with van der Waals surface area (Å²) in [5, 5.41) is 25.4. The largest absolute Gasteiger partial charge is 0.507 e. The highest BCUT2D eigenvalue weighted by molar-refractivity contribution is 6.10. The fourth-order valence-electron chi connectivity index (χ4n) is 11.6. The van der Waals surface area contributed by atoms with Crippen LogP contribution in [0, 0.1) is 0 Å². The highest BCUT2D eigenvalue weighted by Gasteiger charge is 2.34. The van der Waals surface area contributed by atoms with Crippen molar-refractivity contribution >= 4 is 55.8 Å². The fourth-order valence-corrected chi connectivity index (χ4v) is 11.6. The molecule has 13 rings (SSSR count). The van der Waals surface area contributed by atoms with Gasteiger partial charge in [-0.15, -0.1) is 0 Å². The number of aryl methyl sites for hydroxylation is 1. The van der Waals surface area contributed by atoms with Gasteiger partial charge in [0.25, 0.3) is 0 Å². The third-order valence-electron chi connectivity index (χ3n) is 14.9. The molecule has 5 nitrogen and oxygen atoms in total. The Balaban J connectivity index is 0.00000281. The second kappa shape index (κ2) is 20.5. The van der Waals surface area contributed by atoms with Gasteiger partial charge in [0.15, 0.2) is 0 Å². The van der Waals surface area contributed by atoms with Crippen LogP contribution in [0.1, 0.15) is 62.3 Å². The van der Waals surface area contributed by atoms with Gasteiger partial charge in [-0.25, -0.2) is 0 Å². The number of hydrogen-bond donors (Lipinski definition) is 2. The van der Waals surface area contributed by atoms with Gasteiger partial charge in [0.2, 0.25) is 0 Å². The SMILES string of the molecule is CC.Oc1ccccc1-c1cccc(N(C2=CCC3C(=C2)CCc2oc4ccc5cc(N(c6cccc(-c7ccccc7O)c6)c6ccccc6C6=CCCC=C6)ccc5c4c23)c2ccccc2-c2ccccc2)c1. The normalized spacial score (nSPS) is 14.7. The first-order chi connectivity index (χ1) is 37.0. The number of phenolic OH excluding ortho intramolecular Hbond substituents is 2. The van der Waals surface area contributed by atoms with E-state index in [1.165, 1.54) is 33.0 Å². The summed E-state index contributed by atoms with van der Waals surface area (Å²) in [7, 11) is 0. The zero-order valence-electron chi connectivity index (χ0n) is 42.3. The molecular weight excluding hydrogens is 917 g/mol. The number of para-hydroxylation sites is 4. The molecule has 366 valence electrons. The lowest BCUT2D eigenvalue weighted by Gasteiger charge is -2.34. The molecule has 0 saturated carbocycles. The Hall–Kier alpha value is -9.06. The molecule has 75 heavy (non-hydrogen) atoms. The molecule has 2 N–H and O–H groups in total. The average Bonchev–Trinajstić information content (AvgIpc) is 3.91. The topological polar surface area (TPSA) is 60.1 Å². The van der Waals surface area contributed by atoms with Crippen molar-refractivity contribution in [2.75, 3.05) is 9.80 Å². The van der Waals surface area contributed by atoms with Crippen LogP contribution in [0.2, 0.25) is 0 Å². The van der Waals surface area contributed by atoms with Crippen molar-refractivity contribution in [3.63, 3.8) is 0 Å². The van der Waals surface area contributed by atoms with Crippen LogP contribution >= 0.6 is 0 Å². The Labute approximate surface area is 439 Å². The monoisotopic (exact) mass is 974 g/mol. The van der Waals surface area contributed by atoms with Gasteiger partial charge in [-0.05, 0) is 132 Å². The van der Waals surface area contributed by atoms with Gasteiger partial charge < -0.3 is 24.4 Å². The van der Waals surface area contributed by atoms with Gasteiger partial charge in [0.05, 0.1) is 11.4 Å². The molecule has 0 bridgehead atoms. The third kappa shape index (κ3) is 8.80. The van der Waals surface area contributed by atoms with E-state index in [2.05, 4.69) is 198 Å². The van der Waals surface area contributed by atoms with Crippen molar-refractivity contribution in [3.8, 4) is 44.9 Å². The van der Waals surface area contributed by atoms with Crippen molar-refractivity contribution in [1.29, 1.82) is 0 Å². The summed E-state index contributed by atoms with van der Waals surface area (Å²) in [6.07, 6.45) is 16.3. The standard InChI is InChI=1S/C68H52N2O3.C2H6/c71-63-31-13-9-27-57(63)47-21-15-23-51(41-47)69(61-29-11-7-25-55(61)45-17-3-1-4-18-45)53-35-37-59-49(43-53)33-39-65-67(59)68-60-38-36-54(44-50(60)34-40-66(68)73-65)70(62-30-12-8-26-56(62)46-19-5-2-6-20-46)52-24-16-22-48(42-52)58-28-10-14-32-64(58)72;1-2/h1,3-5,7-32,34-36,38,40-44,59,71-72H,2,6,33,37,39H2;1-2H3. The number of phenols is 2. The van der Waals surface area contributed by atoms with Gasteiger partial charge in [0.1, 0.15) is 22.8 Å². The number of furan rings is 1. The number of nitrogens with zero attached hydrogens (tertiary/aromatic N) is 2. The molecule has 1 atom stereocenters. The molecule has 10 aromatic rings. The number of allylic oxidation sites excluding steroid dienone is 7. The molecule has 5 heteroatoms. The molecular formula is C70H58N2O3. The zero-order chi connectivity index (χ0) is 50.8. The highest BCUT2D eigenvalue weighted by atomic mass is 16.3. The molecule has 1 aromatic heterocycles. The molecule has 9 aromatic carbocycles. The Morgan fingerprint density at radius 3 is 1.77 bits per heavy atom. The second-order valence-electron chi connectivity index (χ2n) is 19.3. The predicted octanol–water partition coefficient (Wildman–Crippen LogP) is 19.3. The molecule has 0 saturated heterocycles. The molecule has 3 aliphatic rings. The molecule has 1 heterocycles. The van der Waals surface area contributed by atoms with Crippen molar-refractivity contribution < 1.29 is 14.6 Å². The summed E-state index contributed by atoms with van der Waals surface area (Å²) in [6, 6.07) is 71.4. The van der Waals surface area contributed by atoms with E-state index in [1.54, 1.807) is 12.1 Å². The minimum Gasteiger partial charge on any atom is -0.507 e. The lowest BCUT2D eigenvalue weighted by Crippen LogP contribution is -2.21. The summed E-state index contributed by atoms with van der Waals surface area (Å²) in [5.41, 5.74) is 18.2. The van der Waals surface area contributed by atoms with E-state index in [0.29, 0.717) is 0 Å². The van der Waals surface area contributed by atoms with Crippen LogP contribution in [0.4, 0.5) is 28.4 Å². The van der Waals surface area contributed by atoms with E-state index in [9.17, 15) is 10.2 Å². The lowest BCUT2D eigenvalue weighted by atomic mass is 9.76. The van der Waals surface area contributed by atoms with Crippen molar-refractivity contribution in [3.05, 3.63) is 265 Å². The van der Waals surface area contributed by atoms with Crippen LogP contribution in [-0.2, 0) is 6.42 Å². The Kier molecular flexibility index (Phi) is 12.8. The molecule has 0 radical (unpaired) electrons. The molecule has 0 aliphatic heterocycles. The fraction of sp³-hybridized carbons (Fsp3) is 0.114. The summed E-state index contributed by atoms with van der Waals surface area (Å²) in [4.78, 5) is 4.77. The van der Waals surface area contributed by atoms with Crippen molar-refractivity contribution in [2.24, 2.45) is 0 Å². The second-order valence-corrected chi connectivity index (χ2v) is 19.3. The molecule has 3 aliphatic carbocycles. The van der Waals surface area contributed by atoms with E-state index < -0.39 is 0 Å². The van der Waals surface area contributed by atoms with Gasteiger partial charge in [0, 0.05) is 68.3 Å². The maximum absolute atomic E-state index is 11.0. The number of anilines is 5. The lowest BCUT2D eigenvalue weighted by molar-refractivity contribution is 0.477. The van der Waals surface area contributed by atoms with Crippen LogP contribution < -0.4 is 9.80 Å². The first-order valence-corrected chi connectivity index (χ1v) is 26.4. The summed E-state index contributed by atoms with van der Waals surface area (Å²) in [5.74, 6) is 1.76. The number of benzene rings is 9. The van der Waals surface area contributed by atoms with Crippen LogP contribution in [0.25, 0.3) is 60.7 Å². The van der Waals surface area contributed by atoms with Crippen LogP contribution in [0.15, 0.2) is 252 Å². The van der Waals surface area contributed by atoms with E-state index in [0.717, 1.165) is 116 Å². The first-order valence-electron chi connectivity index (χ1n) is 26.4. The first kappa shape index (κ1) is 47.0. The van der Waals surface area contributed by atoms with E-state index in [-0.39, 0.29) is 17.4 Å². The third-order valence-corrected chi connectivity index (χ3v) is 14.9. The van der Waals surface area contributed by atoms with Gasteiger partial charge in [-0.3, -0.25) is 0 Å². The van der Waals surface area contributed by atoms with Crippen LogP contribution in [0.5, 0.6) is 11.5 Å². The van der Waals surface area contributed by atoms with E-state index in [1.807, 2.05) is 50.2 Å². The summed E-state index contributed by atoms with van der Waals surface area (Å²) < 4.78 is 6.83. The number of fused-ring (bicyclic) bond motifs is 7. The van der Waals surface area contributed by atoms with Crippen molar-refractivity contribution in [2.45, 2.75) is 51.9 Å². The van der Waals surface area contributed by atoms with Crippen LogP contribution in [0.3, 0.4) is 0 Å². The molecule has 1 unspecified atom stereocenters. The zero-order valence-corrected chi connectivity index (χ0v) is 42.3. The minimum atomic E-state index is 0.162. The molecule has 0 spiro atoms. The number of hydrogen-bond acceptors (Lipinski definition) is 5. The Morgan fingerprint density at radius 2 is 1.09 bits per heavy atom. The van der Waals surface area contributed by atoms with E-state index in [4.69, 9.17) is 4.42 Å². The predicted molar refractivity (Wildman–Crippen MR) is 313 cm³/mol. The Bertz CT molecular complexity index is 3890. The highest BCUT2D eigenvalue weighted by Crippen LogP contribution is 2.51. The van der Waals surface area contributed by atoms with Gasteiger partial charge in [-0.1, -0.05) is 183 Å². The van der Waals surface area contributed by atoms with Gasteiger partial charge >= 0.3 is 0 Å². The van der Waals surface area contributed by atoms with Crippen LogP contribution in [-0.4, -0.2) is 10.2 Å². The molecule has 0 amide bonds. The maximum atomic E-state index is 11.0.